The molecule has 146 valence electrons. The number of likely N-dealkylation sites (N-methyl/N-ethyl adjacent to an activating group) is 1. The van der Waals surface area contributed by atoms with Crippen LogP contribution >= 0.6 is 11.6 Å². The molecule has 1 atom stereocenters. The third kappa shape index (κ3) is 5.62. The van der Waals surface area contributed by atoms with Crippen molar-refractivity contribution in [2.24, 2.45) is 0 Å². The number of ether oxygens (including phenoxy) is 2. The van der Waals surface area contributed by atoms with Crippen LogP contribution in [0.1, 0.15) is 35.8 Å². The quantitative estimate of drug-likeness (QED) is 0.698. The van der Waals surface area contributed by atoms with E-state index in [9.17, 15) is 4.79 Å². The van der Waals surface area contributed by atoms with Crippen LogP contribution < -0.4 is 14.8 Å². The number of carbonyl (C=O) groups is 1. The zero-order chi connectivity index (χ0) is 19.8. The van der Waals surface area contributed by atoms with E-state index in [4.69, 9.17) is 21.1 Å². The van der Waals surface area contributed by atoms with Crippen LogP contribution in [0.2, 0.25) is 5.02 Å². The molecular weight excluding hydrogens is 364 g/mol. The predicted molar refractivity (Wildman–Crippen MR) is 109 cm³/mol. The fourth-order valence-corrected chi connectivity index (χ4v) is 3.16. The Kier molecular flexibility index (Phi) is 7.95. The first-order valence-corrected chi connectivity index (χ1v) is 9.40. The minimum Gasteiger partial charge on any atom is -0.497 e. The number of nitrogens with zero attached hydrogens (tertiary/aromatic N) is 1. The molecule has 0 aliphatic heterocycles. The van der Waals surface area contributed by atoms with Gasteiger partial charge in [0.2, 0.25) is 0 Å². The second kappa shape index (κ2) is 10.2. The minimum atomic E-state index is -0.168. The fraction of sp³-hybridized carbons (Fsp3) is 0.381. The van der Waals surface area contributed by atoms with E-state index in [1.165, 1.54) is 0 Å². The van der Waals surface area contributed by atoms with E-state index < -0.39 is 0 Å². The number of halogens is 1. The van der Waals surface area contributed by atoms with E-state index in [0.29, 0.717) is 28.6 Å². The van der Waals surface area contributed by atoms with Crippen molar-refractivity contribution in [1.82, 2.24) is 10.2 Å². The summed E-state index contributed by atoms with van der Waals surface area (Å²) in [6, 6.07) is 13.0. The number of methoxy groups -OCH3 is 2. The molecule has 0 fully saturated rings. The van der Waals surface area contributed by atoms with E-state index in [1.807, 2.05) is 24.3 Å². The van der Waals surface area contributed by atoms with Crippen LogP contribution in [0.15, 0.2) is 42.5 Å². The number of nitrogens with one attached hydrogen (secondary N) is 1. The summed E-state index contributed by atoms with van der Waals surface area (Å²) in [7, 11) is 3.13. The smallest absolute Gasteiger partial charge is 0.251 e. The molecule has 1 N–H and O–H groups in total. The molecule has 0 heterocycles. The number of benzene rings is 2. The third-order valence-electron chi connectivity index (χ3n) is 4.58. The van der Waals surface area contributed by atoms with Gasteiger partial charge in [0.25, 0.3) is 5.91 Å². The van der Waals surface area contributed by atoms with Gasteiger partial charge < -0.3 is 14.8 Å². The van der Waals surface area contributed by atoms with Crippen LogP contribution in [-0.2, 0) is 0 Å². The van der Waals surface area contributed by atoms with Crippen molar-refractivity contribution < 1.29 is 14.3 Å². The molecule has 0 saturated heterocycles. The Morgan fingerprint density at radius 3 is 2.07 bits per heavy atom. The molecule has 0 saturated carbocycles. The molecule has 0 aliphatic carbocycles. The second-order valence-corrected chi connectivity index (χ2v) is 6.54. The number of amides is 1. The standard InChI is InChI=1S/C21H27ClN2O3/c1-5-24(6-2)20(15-7-9-17(22)10-8-15)14-23-21(25)16-11-18(26-3)13-19(12-16)27-4/h7-13,20H,5-6,14H2,1-4H3,(H,23,25). The Hall–Kier alpha value is -2.24. The molecule has 1 unspecified atom stereocenters. The molecule has 0 spiro atoms. The first-order chi connectivity index (χ1) is 13.0. The van der Waals surface area contributed by atoms with Crippen LogP contribution in [0.4, 0.5) is 0 Å². The maximum Gasteiger partial charge on any atom is 0.251 e. The van der Waals surface area contributed by atoms with Crippen molar-refractivity contribution in [3.05, 3.63) is 58.6 Å². The normalized spacial score (nSPS) is 11.9. The number of hydrogen-bond donors (Lipinski definition) is 1. The van der Waals surface area contributed by atoms with Crippen LogP contribution in [0.3, 0.4) is 0 Å². The number of carbonyl (C=O) groups excluding carboxylic acids is 1. The van der Waals surface area contributed by atoms with Gasteiger partial charge in [-0.1, -0.05) is 37.6 Å². The van der Waals surface area contributed by atoms with E-state index in [0.717, 1.165) is 18.7 Å². The summed E-state index contributed by atoms with van der Waals surface area (Å²) in [6.45, 7) is 6.48. The van der Waals surface area contributed by atoms with Crippen molar-refractivity contribution in [1.29, 1.82) is 0 Å². The molecule has 2 rings (SSSR count). The summed E-state index contributed by atoms with van der Waals surface area (Å²) in [6.07, 6.45) is 0. The second-order valence-electron chi connectivity index (χ2n) is 6.10. The summed E-state index contributed by atoms with van der Waals surface area (Å²) in [5.74, 6) is 0.994. The molecule has 0 aliphatic rings. The van der Waals surface area contributed by atoms with Crippen LogP contribution in [0.5, 0.6) is 11.5 Å². The lowest BCUT2D eigenvalue weighted by molar-refractivity contribution is 0.0934. The van der Waals surface area contributed by atoms with Crippen molar-refractivity contribution in [2.45, 2.75) is 19.9 Å². The molecule has 0 bridgehead atoms. The van der Waals surface area contributed by atoms with Gasteiger partial charge in [-0.15, -0.1) is 0 Å². The average Bonchev–Trinajstić information content (AvgIpc) is 2.71. The third-order valence-corrected chi connectivity index (χ3v) is 4.83. The van der Waals surface area contributed by atoms with Gasteiger partial charge in [-0.2, -0.15) is 0 Å². The minimum absolute atomic E-state index is 0.0636. The highest BCUT2D eigenvalue weighted by molar-refractivity contribution is 6.30. The number of hydrogen-bond acceptors (Lipinski definition) is 4. The van der Waals surface area contributed by atoms with Crippen LogP contribution in [0, 0.1) is 0 Å². The summed E-state index contributed by atoms with van der Waals surface area (Å²) in [5.41, 5.74) is 1.62. The van der Waals surface area contributed by atoms with Crippen molar-refractivity contribution in [3.63, 3.8) is 0 Å². The molecule has 2 aromatic carbocycles. The topological polar surface area (TPSA) is 50.8 Å². The lowest BCUT2D eigenvalue weighted by Gasteiger charge is -2.30. The highest BCUT2D eigenvalue weighted by atomic mass is 35.5. The molecule has 0 radical (unpaired) electrons. The lowest BCUT2D eigenvalue weighted by atomic mass is 10.0. The summed E-state index contributed by atoms with van der Waals surface area (Å²) >= 11 is 6.02. The van der Waals surface area contributed by atoms with Gasteiger partial charge in [-0.3, -0.25) is 9.69 Å². The Morgan fingerprint density at radius 1 is 1.04 bits per heavy atom. The summed E-state index contributed by atoms with van der Waals surface area (Å²) in [4.78, 5) is 15.0. The molecule has 2 aromatic rings. The highest BCUT2D eigenvalue weighted by Crippen LogP contribution is 2.24. The first kappa shape index (κ1) is 21.1. The van der Waals surface area contributed by atoms with E-state index >= 15 is 0 Å². The maximum absolute atomic E-state index is 12.7. The lowest BCUT2D eigenvalue weighted by Crippen LogP contribution is -2.38. The van der Waals surface area contributed by atoms with Gasteiger partial charge >= 0.3 is 0 Å². The number of rotatable bonds is 9. The van der Waals surface area contributed by atoms with Crippen molar-refractivity contribution in [2.75, 3.05) is 33.9 Å². The van der Waals surface area contributed by atoms with Gasteiger partial charge in [0, 0.05) is 23.2 Å². The van der Waals surface area contributed by atoms with Gasteiger partial charge in [0.05, 0.1) is 20.3 Å². The molecule has 6 heteroatoms. The predicted octanol–water partition coefficient (Wildman–Crippen LogP) is 4.17. The molecule has 5 nitrogen and oxygen atoms in total. The SMILES string of the molecule is CCN(CC)C(CNC(=O)c1cc(OC)cc(OC)c1)c1ccc(Cl)cc1. The van der Waals surface area contributed by atoms with Crippen molar-refractivity contribution in [3.8, 4) is 11.5 Å². The first-order valence-electron chi connectivity index (χ1n) is 9.03. The van der Waals surface area contributed by atoms with Crippen LogP contribution in [-0.4, -0.2) is 44.7 Å². The Labute approximate surface area is 166 Å². The Morgan fingerprint density at radius 2 is 1.59 bits per heavy atom. The average molecular weight is 391 g/mol. The summed E-state index contributed by atoms with van der Waals surface area (Å²) in [5, 5.41) is 3.74. The molecule has 1 amide bonds. The molecule has 27 heavy (non-hydrogen) atoms. The fourth-order valence-electron chi connectivity index (χ4n) is 3.04. The van der Waals surface area contributed by atoms with E-state index in [2.05, 4.69) is 24.1 Å². The van der Waals surface area contributed by atoms with Gasteiger partial charge in [0.15, 0.2) is 0 Å². The van der Waals surface area contributed by atoms with Gasteiger partial charge in [0.1, 0.15) is 11.5 Å². The molecule has 0 aromatic heterocycles. The zero-order valence-corrected chi connectivity index (χ0v) is 17.0. The summed E-state index contributed by atoms with van der Waals surface area (Å²) < 4.78 is 10.5. The molecular formula is C21H27ClN2O3. The van der Waals surface area contributed by atoms with Gasteiger partial charge in [-0.25, -0.2) is 0 Å². The van der Waals surface area contributed by atoms with Crippen molar-refractivity contribution >= 4 is 17.5 Å². The largest absolute Gasteiger partial charge is 0.497 e. The monoisotopic (exact) mass is 390 g/mol. The van der Waals surface area contributed by atoms with E-state index in [1.54, 1.807) is 32.4 Å². The Bertz CT molecular complexity index is 723. The van der Waals surface area contributed by atoms with Gasteiger partial charge in [-0.05, 0) is 42.9 Å². The maximum atomic E-state index is 12.7. The zero-order valence-electron chi connectivity index (χ0n) is 16.3. The highest BCUT2D eigenvalue weighted by Gasteiger charge is 2.19. The Balaban J connectivity index is 2.18. The van der Waals surface area contributed by atoms with E-state index in [-0.39, 0.29) is 11.9 Å². The van der Waals surface area contributed by atoms with Crippen LogP contribution in [0.25, 0.3) is 0 Å².